The monoisotopic (exact) mass is 920 g/mol. The maximum atomic E-state index is 13.8. The van der Waals surface area contributed by atoms with Crippen molar-refractivity contribution in [2.75, 3.05) is 18.5 Å². The van der Waals surface area contributed by atoms with Crippen LogP contribution in [0.1, 0.15) is 89.0 Å². The molecule has 0 saturated heterocycles. The number of benzene rings is 8. The van der Waals surface area contributed by atoms with Crippen molar-refractivity contribution < 1.29 is 24.3 Å². The third-order valence-electron chi connectivity index (χ3n) is 12.0. The van der Waals surface area contributed by atoms with Gasteiger partial charge >= 0.3 is 0 Å². The summed E-state index contributed by atoms with van der Waals surface area (Å²) >= 11 is 0. The molecule has 348 valence electrons. The van der Waals surface area contributed by atoms with E-state index in [1.165, 1.54) is 11.6 Å². The molecule has 9 rings (SSSR count). The van der Waals surface area contributed by atoms with Gasteiger partial charge in [-0.25, -0.2) is 5.01 Å². The number of nitrogens with one attached hydrogen (secondary N) is 1. The Morgan fingerprint density at radius 1 is 0.471 bits per heavy atom. The Labute approximate surface area is 411 Å². The number of rotatable bonds is 14. The summed E-state index contributed by atoms with van der Waals surface area (Å²) in [5, 5.41) is 14.2. The predicted molar refractivity (Wildman–Crippen MR) is 282 cm³/mol. The highest BCUT2D eigenvalue weighted by Gasteiger charge is 2.48. The molecule has 0 heterocycles. The number of nitrogens with zero attached hydrogens (tertiary/aromatic N) is 1. The molecule has 7 heteroatoms. The van der Waals surface area contributed by atoms with Gasteiger partial charge in [0.05, 0.1) is 5.92 Å². The number of aryl methyl sites for hydroxylation is 1. The van der Waals surface area contributed by atoms with Crippen LogP contribution in [0, 0.1) is 6.92 Å². The van der Waals surface area contributed by atoms with Crippen LogP contribution in [0.5, 0.6) is 0 Å². The van der Waals surface area contributed by atoms with Gasteiger partial charge < -0.3 is 10.5 Å². The molecule has 8 aromatic rings. The standard InChI is InChI=1S/C32H24O3.C17H20N2O.C14H12O/c33-30(25-17-9-3-10-18-25)27-21-22-32(35,31(34)26-19-11-4-12-20-26)29(24-15-7-2-8-16-24)28(27)23-13-5-1-6-14-23;1-3-19(4-2)18-16-12-10-15(11-13-16)17(20)14-8-6-5-7-9-14;1-11-7-9-13(10-8-11)14(15)12-5-3-2-4-6-12/h1-22,29,35H;5-13,18H,3-4H2,1-2H3;2-10H,1H3. The molecular weight excluding hydrogens is 865 g/mol. The maximum absolute atomic E-state index is 13.8. The molecule has 0 spiro atoms. The predicted octanol–water partition coefficient (Wildman–Crippen LogP) is 13.1. The van der Waals surface area contributed by atoms with Gasteiger partial charge in [0.2, 0.25) is 0 Å². The molecule has 70 heavy (non-hydrogen) atoms. The van der Waals surface area contributed by atoms with Gasteiger partial charge in [0.1, 0.15) is 0 Å². The van der Waals surface area contributed by atoms with Crippen molar-refractivity contribution in [1.82, 2.24) is 5.01 Å². The zero-order chi connectivity index (χ0) is 49.3. The normalized spacial score (nSPS) is 14.8. The average molecular weight is 921 g/mol. The third kappa shape index (κ3) is 12.2. The topological polar surface area (TPSA) is 104 Å². The highest BCUT2D eigenvalue weighted by atomic mass is 16.3. The average Bonchev–Trinajstić information content (AvgIpc) is 3.43. The summed E-state index contributed by atoms with van der Waals surface area (Å²) < 4.78 is 0. The summed E-state index contributed by atoms with van der Waals surface area (Å²) in [5.74, 6) is -1.22. The van der Waals surface area contributed by atoms with E-state index in [0.717, 1.165) is 46.6 Å². The van der Waals surface area contributed by atoms with Crippen LogP contribution in [0.3, 0.4) is 0 Å². The fraction of sp³-hybridized carbons (Fsp3) is 0.111. The summed E-state index contributed by atoms with van der Waals surface area (Å²) in [6, 6.07) is 70.7. The number of hydrogen-bond acceptors (Lipinski definition) is 7. The van der Waals surface area contributed by atoms with Crippen LogP contribution < -0.4 is 5.43 Å². The molecule has 7 nitrogen and oxygen atoms in total. The first kappa shape index (κ1) is 49.5. The number of hydrazine groups is 1. The van der Waals surface area contributed by atoms with Gasteiger partial charge in [0, 0.05) is 57.7 Å². The number of allylic oxidation sites excluding steroid dienone is 2. The lowest BCUT2D eigenvalue weighted by molar-refractivity contribution is 0.0478. The molecule has 1 aliphatic carbocycles. The van der Waals surface area contributed by atoms with Crippen molar-refractivity contribution in [3.05, 3.63) is 298 Å². The van der Waals surface area contributed by atoms with Crippen LogP contribution in [-0.2, 0) is 0 Å². The van der Waals surface area contributed by atoms with E-state index in [0.29, 0.717) is 27.8 Å². The van der Waals surface area contributed by atoms with E-state index in [-0.39, 0.29) is 17.3 Å². The summed E-state index contributed by atoms with van der Waals surface area (Å²) in [6.45, 7) is 8.08. The Morgan fingerprint density at radius 3 is 1.29 bits per heavy atom. The number of Topliss-reactive ketones (excluding diaryl/α,β-unsaturated/α-hetero) is 2. The van der Waals surface area contributed by atoms with Gasteiger partial charge in [-0.3, -0.25) is 19.2 Å². The van der Waals surface area contributed by atoms with E-state index in [1.54, 1.807) is 42.5 Å². The fourth-order valence-corrected chi connectivity index (χ4v) is 8.23. The highest BCUT2D eigenvalue weighted by molar-refractivity contribution is 6.18. The summed E-state index contributed by atoms with van der Waals surface area (Å²) in [7, 11) is 0. The van der Waals surface area contributed by atoms with Crippen LogP contribution in [0.2, 0.25) is 0 Å². The molecule has 0 saturated carbocycles. The van der Waals surface area contributed by atoms with Crippen LogP contribution >= 0.6 is 0 Å². The molecule has 2 unspecified atom stereocenters. The van der Waals surface area contributed by atoms with E-state index in [9.17, 15) is 24.3 Å². The van der Waals surface area contributed by atoms with Gasteiger partial charge in [-0.2, -0.15) is 0 Å². The molecule has 0 bridgehead atoms. The Balaban J connectivity index is 0.000000173. The highest BCUT2D eigenvalue weighted by Crippen LogP contribution is 2.48. The lowest BCUT2D eigenvalue weighted by Gasteiger charge is -2.38. The van der Waals surface area contributed by atoms with E-state index >= 15 is 0 Å². The van der Waals surface area contributed by atoms with E-state index in [4.69, 9.17) is 0 Å². The van der Waals surface area contributed by atoms with Crippen LogP contribution in [0.15, 0.2) is 248 Å². The first-order valence-corrected chi connectivity index (χ1v) is 23.4. The zero-order valence-corrected chi connectivity index (χ0v) is 39.6. The minimum atomic E-state index is -1.88. The smallest absolute Gasteiger partial charge is 0.199 e. The molecule has 8 aromatic carbocycles. The van der Waals surface area contributed by atoms with Crippen LogP contribution in [0.25, 0.3) is 5.57 Å². The van der Waals surface area contributed by atoms with Crippen LogP contribution in [0.4, 0.5) is 5.69 Å². The Morgan fingerprint density at radius 2 is 0.843 bits per heavy atom. The molecule has 1 aliphatic rings. The SMILES string of the molecule is CCN(CC)Nc1ccc(C(=O)c2ccccc2)cc1.Cc1ccc(C(=O)c2ccccc2)cc1.O=C(C1=C(c2ccccc2)C(c2ccccc2)C(O)(C(=O)c2ccccc2)C=C1)c1ccccc1. The van der Waals surface area contributed by atoms with E-state index in [1.807, 2.05) is 201 Å². The Bertz CT molecular complexity index is 3030. The molecule has 2 atom stereocenters. The first-order valence-electron chi connectivity index (χ1n) is 23.4. The minimum absolute atomic E-state index is 0.0555. The number of ketones is 4. The summed E-state index contributed by atoms with van der Waals surface area (Å²) in [4.78, 5) is 51.8. The Kier molecular flexibility index (Phi) is 17.0. The van der Waals surface area contributed by atoms with Crippen molar-refractivity contribution >= 4 is 34.4 Å². The number of carbonyl (C=O) groups excluding carboxylic acids is 4. The molecule has 0 amide bonds. The van der Waals surface area contributed by atoms with Gasteiger partial charge in [-0.05, 0) is 54.0 Å². The van der Waals surface area contributed by atoms with Gasteiger partial charge in [0.15, 0.2) is 28.7 Å². The number of aliphatic hydroxyl groups is 1. The van der Waals surface area contributed by atoms with Crippen LogP contribution in [-0.4, -0.2) is 51.9 Å². The number of hydrogen-bond donors (Lipinski definition) is 2. The van der Waals surface area contributed by atoms with E-state index < -0.39 is 17.3 Å². The second-order valence-corrected chi connectivity index (χ2v) is 16.7. The molecule has 2 N–H and O–H groups in total. The first-order chi connectivity index (χ1) is 34.1. The third-order valence-corrected chi connectivity index (χ3v) is 12.0. The number of carbonyl (C=O) groups is 4. The van der Waals surface area contributed by atoms with Crippen molar-refractivity contribution in [2.45, 2.75) is 32.3 Å². The van der Waals surface area contributed by atoms with Crippen molar-refractivity contribution in [2.24, 2.45) is 0 Å². The molecule has 0 fully saturated rings. The minimum Gasteiger partial charge on any atom is -0.377 e. The second kappa shape index (κ2) is 24.1. The summed E-state index contributed by atoms with van der Waals surface area (Å²) in [6.07, 6.45) is 3.10. The second-order valence-electron chi connectivity index (χ2n) is 16.7. The summed E-state index contributed by atoms with van der Waals surface area (Å²) in [5.41, 5.74) is 10.1. The lowest BCUT2D eigenvalue weighted by Crippen LogP contribution is -2.45. The number of anilines is 1. The quantitative estimate of drug-likeness (QED) is 0.0827. The molecular formula is C63H56N2O5. The largest absolute Gasteiger partial charge is 0.377 e. The van der Waals surface area contributed by atoms with Gasteiger partial charge in [0.25, 0.3) is 0 Å². The zero-order valence-electron chi connectivity index (χ0n) is 39.6. The van der Waals surface area contributed by atoms with Crippen molar-refractivity contribution in [3.63, 3.8) is 0 Å². The molecule has 0 aliphatic heterocycles. The van der Waals surface area contributed by atoms with Crippen molar-refractivity contribution in [3.8, 4) is 0 Å². The maximum Gasteiger partial charge on any atom is 0.199 e. The van der Waals surface area contributed by atoms with Gasteiger partial charge in [-0.1, -0.05) is 232 Å². The van der Waals surface area contributed by atoms with E-state index in [2.05, 4.69) is 24.3 Å². The lowest BCUT2D eigenvalue weighted by atomic mass is 9.66. The molecule has 0 aromatic heterocycles. The van der Waals surface area contributed by atoms with Gasteiger partial charge in [-0.15, -0.1) is 0 Å². The Hall–Kier alpha value is -8.36. The van der Waals surface area contributed by atoms with Crippen molar-refractivity contribution in [1.29, 1.82) is 0 Å². The fourth-order valence-electron chi connectivity index (χ4n) is 8.23. The molecule has 0 radical (unpaired) electrons.